The molecule has 1 aromatic heterocycles. The molecule has 1 aromatic carbocycles. The number of rotatable bonds is 5. The molecule has 13 heteroatoms. The summed E-state index contributed by atoms with van der Waals surface area (Å²) < 4.78 is 53.2. The molecule has 5 rings (SSSR count). The summed E-state index contributed by atoms with van der Waals surface area (Å²) in [5.74, 6) is 0.569. The lowest BCUT2D eigenvalue weighted by atomic mass is 10.1. The molecule has 2 unspecified atom stereocenters. The van der Waals surface area contributed by atoms with E-state index in [1.54, 1.807) is 29.8 Å². The monoisotopic (exact) mass is 580 g/mol. The lowest BCUT2D eigenvalue weighted by Gasteiger charge is -2.37. The summed E-state index contributed by atoms with van der Waals surface area (Å²) in [6, 6.07) is 9.10. The molecule has 2 saturated heterocycles. The minimum absolute atomic E-state index is 0.0251. The van der Waals surface area contributed by atoms with Gasteiger partial charge in [-0.05, 0) is 51.7 Å². The van der Waals surface area contributed by atoms with Crippen LogP contribution in [0, 0.1) is 18.3 Å². The Morgan fingerprint density at radius 1 is 1.26 bits per heavy atom. The van der Waals surface area contributed by atoms with Gasteiger partial charge in [-0.3, -0.25) is 5.32 Å². The number of sulfone groups is 2. The zero-order valence-electron chi connectivity index (χ0n) is 21.3. The number of halogens is 1. The third-order valence-corrected chi connectivity index (χ3v) is 12.6. The molecule has 1 saturated carbocycles. The molecular formula is C25H31ClN5O5S2+. The van der Waals surface area contributed by atoms with E-state index in [2.05, 4.69) is 16.5 Å². The van der Waals surface area contributed by atoms with Crippen molar-refractivity contribution >= 4 is 43.1 Å². The highest BCUT2D eigenvalue weighted by Gasteiger charge is 2.60. The Morgan fingerprint density at radius 2 is 1.92 bits per heavy atom. The van der Waals surface area contributed by atoms with Crippen molar-refractivity contribution in [3.63, 3.8) is 0 Å². The van der Waals surface area contributed by atoms with Gasteiger partial charge >= 0.3 is 6.03 Å². The van der Waals surface area contributed by atoms with Gasteiger partial charge in [0.15, 0.2) is 9.84 Å². The predicted molar refractivity (Wildman–Crippen MR) is 143 cm³/mol. The van der Waals surface area contributed by atoms with E-state index >= 15 is 0 Å². The summed E-state index contributed by atoms with van der Waals surface area (Å²) >= 11 is 6.28. The topological polar surface area (TPSA) is 139 Å². The van der Waals surface area contributed by atoms with E-state index in [1.165, 1.54) is 12.1 Å². The molecule has 1 aliphatic carbocycles. The van der Waals surface area contributed by atoms with Gasteiger partial charge < -0.3 is 0 Å². The number of aryl methyl sites for hydroxylation is 1. The number of carbonyl (C=O) groups is 1. The minimum atomic E-state index is -3.90. The van der Waals surface area contributed by atoms with E-state index in [9.17, 15) is 26.9 Å². The Morgan fingerprint density at radius 3 is 2.53 bits per heavy atom. The van der Waals surface area contributed by atoms with E-state index < -0.39 is 42.5 Å². The summed E-state index contributed by atoms with van der Waals surface area (Å²) in [6.45, 7) is 3.58. The van der Waals surface area contributed by atoms with Crippen LogP contribution in [-0.2, 0) is 19.7 Å². The van der Waals surface area contributed by atoms with Crippen molar-refractivity contribution < 1.29 is 21.6 Å². The summed E-state index contributed by atoms with van der Waals surface area (Å²) in [6.07, 6.45) is 1.98. The Labute approximate surface area is 228 Å². The number of benzene rings is 1. The van der Waals surface area contributed by atoms with Gasteiger partial charge in [-0.15, -0.1) is 0 Å². The van der Waals surface area contributed by atoms with Crippen LogP contribution in [-0.4, -0.2) is 67.5 Å². The molecule has 1 N–H and O–H groups in total. The van der Waals surface area contributed by atoms with Gasteiger partial charge in [-0.2, -0.15) is 14.8 Å². The number of amides is 2. The second kappa shape index (κ2) is 9.33. The summed E-state index contributed by atoms with van der Waals surface area (Å²) in [7, 11) is -7.02. The van der Waals surface area contributed by atoms with Crippen molar-refractivity contribution in [3.8, 4) is 6.07 Å². The third kappa shape index (κ3) is 4.53. The zero-order valence-corrected chi connectivity index (χ0v) is 23.7. The number of nitrogens with zero attached hydrogens (tertiary/aromatic N) is 4. The van der Waals surface area contributed by atoms with Gasteiger partial charge in [0, 0.05) is 12.5 Å². The van der Waals surface area contributed by atoms with Crippen molar-refractivity contribution in [1.82, 2.24) is 19.6 Å². The van der Waals surface area contributed by atoms with Crippen LogP contribution < -0.4 is 9.80 Å². The van der Waals surface area contributed by atoms with Crippen LogP contribution in [0.2, 0.25) is 5.02 Å². The second-order valence-corrected chi connectivity index (χ2v) is 15.7. The van der Waals surface area contributed by atoms with Crippen LogP contribution in [0.15, 0.2) is 35.2 Å². The second-order valence-electron chi connectivity index (χ2n) is 10.8. The van der Waals surface area contributed by atoms with Crippen molar-refractivity contribution in [3.05, 3.63) is 41.0 Å². The normalized spacial score (nSPS) is 28.5. The first kappa shape index (κ1) is 27.1. The van der Waals surface area contributed by atoms with Gasteiger partial charge in [-0.25, -0.2) is 26.3 Å². The Balaban J connectivity index is 1.60. The lowest BCUT2D eigenvalue weighted by molar-refractivity contribution is 0.187. The first-order valence-electron chi connectivity index (χ1n) is 12.7. The van der Waals surface area contributed by atoms with Gasteiger partial charge in [0.2, 0.25) is 5.82 Å². The number of hydrogen-bond donors (Lipinski definition) is 1. The molecule has 38 heavy (non-hydrogen) atoms. The van der Waals surface area contributed by atoms with Crippen LogP contribution in [0.1, 0.15) is 50.8 Å². The van der Waals surface area contributed by atoms with E-state index in [0.29, 0.717) is 37.2 Å². The Bertz CT molecular complexity index is 1530. The molecule has 3 aliphatic rings. The molecule has 204 valence electrons. The number of likely N-dealkylation sites (tertiary alicyclic amines) is 1. The van der Waals surface area contributed by atoms with Gasteiger partial charge in [0.25, 0.3) is 0 Å². The molecule has 2 aliphatic heterocycles. The average Bonchev–Trinajstić information content (AvgIpc) is 3.38. The SMILES string of the molecule is Cc1cc([N+]2(C(=O)NC3(C#N)CC3)C[C@H](S(=O)(=O)c3ccccc3Cl)CC2C)n(C2CCS(=O)(=O)CC2)n1. The van der Waals surface area contributed by atoms with Crippen molar-refractivity contribution in [2.24, 2.45) is 0 Å². The van der Waals surface area contributed by atoms with Gasteiger partial charge in [0.05, 0.1) is 39.2 Å². The molecule has 2 aromatic rings. The van der Waals surface area contributed by atoms with Crippen LogP contribution in [0.3, 0.4) is 0 Å². The molecule has 0 spiro atoms. The van der Waals surface area contributed by atoms with Crippen molar-refractivity contribution in [1.29, 1.82) is 5.26 Å². The molecule has 0 radical (unpaired) electrons. The van der Waals surface area contributed by atoms with Gasteiger partial charge in [0.1, 0.15) is 33.2 Å². The fraction of sp³-hybridized carbons (Fsp3) is 0.560. The number of hydrogen-bond acceptors (Lipinski definition) is 7. The fourth-order valence-corrected chi connectivity index (χ4v) is 9.66. The zero-order chi connectivity index (χ0) is 27.5. The molecule has 0 bridgehead atoms. The first-order valence-corrected chi connectivity index (χ1v) is 16.5. The predicted octanol–water partition coefficient (Wildman–Crippen LogP) is 3.30. The van der Waals surface area contributed by atoms with Crippen LogP contribution in [0.4, 0.5) is 10.6 Å². The maximum absolute atomic E-state index is 14.2. The van der Waals surface area contributed by atoms with E-state index in [4.69, 9.17) is 11.6 Å². The highest BCUT2D eigenvalue weighted by molar-refractivity contribution is 7.92. The van der Waals surface area contributed by atoms with Crippen molar-refractivity contribution in [2.45, 2.75) is 73.7 Å². The summed E-state index contributed by atoms with van der Waals surface area (Å²) in [5.41, 5.74) is -0.314. The maximum atomic E-state index is 14.2. The number of nitriles is 1. The smallest absolute Gasteiger partial charge is 0.287 e. The third-order valence-electron chi connectivity index (χ3n) is 8.22. The Hall–Kier alpha value is -2.46. The molecule has 3 heterocycles. The largest absolute Gasteiger partial charge is 0.424 e. The number of aromatic nitrogens is 2. The minimum Gasteiger partial charge on any atom is -0.287 e. The number of urea groups is 1. The number of carbonyl (C=O) groups excluding carboxylic acids is 1. The maximum Gasteiger partial charge on any atom is 0.424 e. The molecule has 10 nitrogen and oxygen atoms in total. The van der Waals surface area contributed by atoms with E-state index in [-0.39, 0.29) is 44.9 Å². The van der Waals surface area contributed by atoms with Crippen LogP contribution >= 0.6 is 11.6 Å². The van der Waals surface area contributed by atoms with E-state index in [0.717, 1.165) is 0 Å². The summed E-state index contributed by atoms with van der Waals surface area (Å²) in [4.78, 5) is 14.2. The quantitative estimate of drug-likeness (QED) is 0.535. The number of nitrogens with one attached hydrogen (secondary N) is 1. The lowest BCUT2D eigenvalue weighted by Crippen LogP contribution is -2.64. The molecule has 3 fully saturated rings. The molecule has 2 amide bonds. The average molecular weight is 581 g/mol. The highest BCUT2D eigenvalue weighted by Crippen LogP contribution is 2.44. The summed E-state index contributed by atoms with van der Waals surface area (Å²) in [5, 5.41) is 16.5. The Kier molecular flexibility index (Phi) is 6.66. The fourth-order valence-electron chi connectivity index (χ4n) is 5.81. The van der Waals surface area contributed by atoms with Crippen LogP contribution in [0.5, 0.6) is 0 Å². The van der Waals surface area contributed by atoms with E-state index in [1.807, 2.05) is 6.92 Å². The standard InChI is InChI=1S/C25H30ClN5O5S2/c1-17-13-23(30(29-17)19-7-11-37(33,34)12-8-19)31(24(32)28-25(16-27)9-10-25)15-20(14-18(31)2)38(35,36)22-6-4-3-5-21(22)26/h3-6,13,18-20H,7-12,14-15H2,1-2H3/p+1/t18?,20-,31?/m1/s1. The highest BCUT2D eigenvalue weighted by atomic mass is 35.5. The van der Waals surface area contributed by atoms with Crippen molar-refractivity contribution in [2.75, 3.05) is 18.1 Å². The molecular weight excluding hydrogens is 550 g/mol. The molecule has 3 atom stereocenters. The van der Waals surface area contributed by atoms with Crippen LogP contribution in [0.25, 0.3) is 0 Å². The number of quaternary nitrogens is 1. The van der Waals surface area contributed by atoms with Gasteiger partial charge in [-0.1, -0.05) is 23.7 Å². The first-order chi connectivity index (χ1) is 17.8.